The van der Waals surface area contributed by atoms with Crippen LogP contribution in [0.2, 0.25) is 0 Å². The van der Waals surface area contributed by atoms with Crippen LogP contribution >= 0.6 is 0 Å². The molecular formula is C32H45N3O5. The maximum atomic E-state index is 13.7. The number of benzene rings is 2. The smallest absolute Gasteiger partial charge is 0.254 e. The summed E-state index contributed by atoms with van der Waals surface area (Å²) in [5, 5.41) is 3.69. The lowest BCUT2D eigenvalue weighted by Gasteiger charge is -2.40. The molecule has 4 rings (SSSR count). The van der Waals surface area contributed by atoms with Gasteiger partial charge in [0.15, 0.2) is 11.5 Å². The number of ether oxygens (including phenoxy) is 3. The molecule has 8 nitrogen and oxygen atoms in total. The standard InChI is InChI=1S/C32H45N3O5/c1-23(2)35(32(37)25-11-16-29(39-4)30(21-25)40-20-8-19-38-3)28-13-12-26(33-22-28)17-18-34(27-14-15-27)31(36)24-9-6-5-7-10-24/h5-7,9-11,16,21,23,26-28,33H,8,12-15,17-20,22H2,1-4H3/t26-,28-/m1/s1. The molecule has 1 heterocycles. The maximum Gasteiger partial charge on any atom is 0.254 e. The number of carbonyl (C=O) groups excluding carboxylic acids is 2. The molecule has 8 heteroatoms. The Morgan fingerprint density at radius 1 is 0.900 bits per heavy atom. The first-order valence-corrected chi connectivity index (χ1v) is 14.6. The van der Waals surface area contributed by atoms with Crippen molar-refractivity contribution in [3.8, 4) is 11.5 Å². The van der Waals surface area contributed by atoms with E-state index in [0.717, 1.165) is 57.2 Å². The molecule has 2 aliphatic rings. The molecule has 2 aromatic carbocycles. The molecule has 0 aromatic heterocycles. The Kier molecular flexibility index (Phi) is 10.8. The van der Waals surface area contributed by atoms with Crippen LogP contribution in [0.4, 0.5) is 0 Å². The zero-order valence-corrected chi connectivity index (χ0v) is 24.4. The second kappa shape index (κ2) is 14.5. The number of methoxy groups -OCH3 is 2. The van der Waals surface area contributed by atoms with Gasteiger partial charge in [0.05, 0.1) is 13.7 Å². The van der Waals surface area contributed by atoms with Crippen LogP contribution in [-0.2, 0) is 4.74 Å². The van der Waals surface area contributed by atoms with E-state index < -0.39 is 0 Å². The fraction of sp³-hybridized carbons (Fsp3) is 0.562. The Bertz CT molecular complexity index is 1100. The van der Waals surface area contributed by atoms with Gasteiger partial charge in [0.25, 0.3) is 11.8 Å². The van der Waals surface area contributed by atoms with Crippen LogP contribution in [0, 0.1) is 0 Å². The summed E-state index contributed by atoms with van der Waals surface area (Å²) in [7, 11) is 3.27. The second-order valence-corrected chi connectivity index (χ2v) is 11.1. The fourth-order valence-electron chi connectivity index (χ4n) is 5.54. The molecule has 40 heavy (non-hydrogen) atoms. The first kappa shape index (κ1) is 29.9. The predicted octanol–water partition coefficient (Wildman–Crippen LogP) is 4.78. The Balaban J connectivity index is 1.34. The first-order valence-electron chi connectivity index (χ1n) is 14.6. The molecule has 1 saturated carbocycles. The van der Waals surface area contributed by atoms with Crippen molar-refractivity contribution in [1.29, 1.82) is 0 Å². The Morgan fingerprint density at radius 2 is 1.65 bits per heavy atom. The average molecular weight is 552 g/mol. The normalized spacial score (nSPS) is 18.8. The highest BCUT2D eigenvalue weighted by Gasteiger charge is 2.35. The summed E-state index contributed by atoms with van der Waals surface area (Å²) < 4.78 is 16.5. The molecule has 0 radical (unpaired) electrons. The zero-order valence-electron chi connectivity index (χ0n) is 24.4. The van der Waals surface area contributed by atoms with E-state index in [0.29, 0.717) is 42.4 Å². The summed E-state index contributed by atoms with van der Waals surface area (Å²) >= 11 is 0. The molecule has 0 spiro atoms. The summed E-state index contributed by atoms with van der Waals surface area (Å²) in [5.74, 6) is 1.31. The number of rotatable bonds is 14. The Hall–Kier alpha value is -3.10. The lowest BCUT2D eigenvalue weighted by Crippen LogP contribution is -2.54. The van der Waals surface area contributed by atoms with Gasteiger partial charge >= 0.3 is 0 Å². The van der Waals surface area contributed by atoms with Crippen LogP contribution in [-0.4, -0.2) is 86.3 Å². The van der Waals surface area contributed by atoms with Crippen molar-refractivity contribution in [2.75, 3.05) is 40.5 Å². The lowest BCUT2D eigenvalue weighted by molar-refractivity contribution is 0.0544. The van der Waals surface area contributed by atoms with E-state index in [1.165, 1.54) is 0 Å². The molecule has 2 aromatic rings. The first-order chi connectivity index (χ1) is 19.4. The van der Waals surface area contributed by atoms with Gasteiger partial charge in [0.2, 0.25) is 0 Å². The van der Waals surface area contributed by atoms with Crippen molar-refractivity contribution in [1.82, 2.24) is 15.1 Å². The van der Waals surface area contributed by atoms with Crippen molar-refractivity contribution in [2.24, 2.45) is 0 Å². The highest BCUT2D eigenvalue weighted by molar-refractivity contribution is 5.95. The van der Waals surface area contributed by atoms with Crippen LogP contribution in [0.3, 0.4) is 0 Å². The van der Waals surface area contributed by atoms with Gasteiger partial charge in [-0.2, -0.15) is 0 Å². The number of carbonyl (C=O) groups is 2. The summed E-state index contributed by atoms with van der Waals surface area (Å²) in [5.41, 5.74) is 1.36. The van der Waals surface area contributed by atoms with Gasteiger partial charge in [-0.25, -0.2) is 0 Å². The molecule has 1 saturated heterocycles. The summed E-state index contributed by atoms with van der Waals surface area (Å²) in [6.07, 6.45) is 5.75. The minimum Gasteiger partial charge on any atom is -0.493 e. The number of nitrogens with one attached hydrogen (secondary N) is 1. The Labute approximate surface area is 239 Å². The number of nitrogens with zero attached hydrogens (tertiary/aromatic N) is 2. The molecule has 2 amide bonds. The van der Waals surface area contributed by atoms with Crippen LogP contribution in [0.1, 0.15) is 73.1 Å². The van der Waals surface area contributed by atoms with Gasteiger partial charge in [0.1, 0.15) is 0 Å². The third-order valence-electron chi connectivity index (χ3n) is 7.82. The Morgan fingerprint density at radius 3 is 2.27 bits per heavy atom. The van der Waals surface area contributed by atoms with Gasteiger partial charge in [0, 0.05) is 68.5 Å². The van der Waals surface area contributed by atoms with Crippen molar-refractivity contribution in [2.45, 2.75) is 76.5 Å². The van der Waals surface area contributed by atoms with Gasteiger partial charge in [-0.05, 0) is 76.3 Å². The largest absolute Gasteiger partial charge is 0.493 e. The minimum absolute atomic E-state index is 0.00184. The quantitative estimate of drug-likeness (QED) is 0.341. The second-order valence-electron chi connectivity index (χ2n) is 11.1. The minimum atomic E-state index is -0.00184. The molecule has 0 unspecified atom stereocenters. The van der Waals surface area contributed by atoms with E-state index in [2.05, 4.69) is 24.1 Å². The zero-order chi connectivity index (χ0) is 28.5. The van der Waals surface area contributed by atoms with Crippen molar-refractivity contribution in [3.63, 3.8) is 0 Å². The third kappa shape index (κ3) is 7.76. The molecule has 218 valence electrons. The topological polar surface area (TPSA) is 80.3 Å². The average Bonchev–Trinajstić information content (AvgIpc) is 3.82. The molecule has 0 bridgehead atoms. The van der Waals surface area contributed by atoms with Gasteiger partial charge in [-0.3, -0.25) is 9.59 Å². The maximum absolute atomic E-state index is 13.7. The molecule has 1 aliphatic heterocycles. The summed E-state index contributed by atoms with van der Waals surface area (Å²) in [6, 6.07) is 15.8. The van der Waals surface area contributed by atoms with Gasteiger partial charge < -0.3 is 29.3 Å². The van der Waals surface area contributed by atoms with Crippen molar-refractivity contribution < 1.29 is 23.8 Å². The molecule has 2 fully saturated rings. The van der Waals surface area contributed by atoms with E-state index in [-0.39, 0.29) is 23.9 Å². The molecular weight excluding hydrogens is 506 g/mol. The SMILES string of the molecule is COCCCOc1cc(C(=O)N(C(C)C)[C@@H]2CC[C@H](CCN(C(=O)c3ccccc3)C3CC3)NC2)ccc1OC. The molecule has 1 aliphatic carbocycles. The van der Waals surface area contributed by atoms with Gasteiger partial charge in [-0.15, -0.1) is 0 Å². The van der Waals surface area contributed by atoms with Crippen LogP contribution in [0.5, 0.6) is 11.5 Å². The predicted molar refractivity (Wildman–Crippen MR) is 156 cm³/mol. The molecule has 2 atom stereocenters. The fourth-order valence-corrected chi connectivity index (χ4v) is 5.54. The molecule has 1 N–H and O–H groups in total. The van der Waals surface area contributed by atoms with E-state index >= 15 is 0 Å². The number of hydrogen-bond acceptors (Lipinski definition) is 6. The van der Waals surface area contributed by atoms with Gasteiger partial charge in [-0.1, -0.05) is 18.2 Å². The summed E-state index contributed by atoms with van der Waals surface area (Å²) in [6.45, 7) is 6.73. The highest BCUT2D eigenvalue weighted by Crippen LogP contribution is 2.31. The van der Waals surface area contributed by atoms with E-state index in [1.807, 2.05) is 41.3 Å². The van der Waals surface area contributed by atoms with Crippen molar-refractivity contribution in [3.05, 3.63) is 59.7 Å². The van der Waals surface area contributed by atoms with Crippen LogP contribution in [0.15, 0.2) is 48.5 Å². The highest BCUT2D eigenvalue weighted by atomic mass is 16.5. The van der Waals surface area contributed by atoms with Crippen molar-refractivity contribution >= 4 is 11.8 Å². The monoisotopic (exact) mass is 551 g/mol. The van der Waals surface area contributed by atoms with Crippen LogP contribution in [0.25, 0.3) is 0 Å². The number of piperidine rings is 1. The van der Waals surface area contributed by atoms with E-state index in [1.54, 1.807) is 26.4 Å². The summed E-state index contributed by atoms with van der Waals surface area (Å²) in [4.78, 5) is 30.9. The van der Waals surface area contributed by atoms with Crippen LogP contribution < -0.4 is 14.8 Å². The van der Waals surface area contributed by atoms with E-state index in [9.17, 15) is 9.59 Å². The number of amides is 2. The lowest BCUT2D eigenvalue weighted by atomic mass is 9.95. The number of hydrogen-bond donors (Lipinski definition) is 1. The van der Waals surface area contributed by atoms with E-state index in [4.69, 9.17) is 14.2 Å². The third-order valence-corrected chi connectivity index (χ3v) is 7.82.